The zero-order valence-electron chi connectivity index (χ0n) is 11.9. The maximum Gasteiger partial charge on any atom is 0.136 e. The third-order valence-corrected chi connectivity index (χ3v) is 3.43. The summed E-state index contributed by atoms with van der Waals surface area (Å²) in [6.45, 7) is 2.71. The van der Waals surface area contributed by atoms with Crippen LogP contribution in [0.15, 0.2) is 24.3 Å². The van der Waals surface area contributed by atoms with Crippen LogP contribution in [-0.2, 0) is 6.54 Å². The van der Waals surface area contributed by atoms with E-state index in [1.165, 1.54) is 12.8 Å². The monoisotopic (exact) mass is 269 g/mol. The molecule has 1 saturated carbocycles. The number of pyridine rings is 1. The summed E-state index contributed by atoms with van der Waals surface area (Å²) in [5.41, 5.74) is 7.94. The normalized spacial score (nSPS) is 14.3. The van der Waals surface area contributed by atoms with Crippen molar-refractivity contribution in [2.24, 2.45) is 0 Å². The fraction of sp³-hybridized carbons (Fsp3) is 0.400. The van der Waals surface area contributed by atoms with E-state index in [2.05, 4.69) is 19.9 Å². The Morgan fingerprint density at radius 3 is 2.75 bits per heavy atom. The Morgan fingerprint density at radius 1 is 1.25 bits per heavy atom. The molecule has 0 bridgehead atoms. The van der Waals surface area contributed by atoms with Crippen LogP contribution >= 0.6 is 0 Å². The second kappa shape index (κ2) is 5.07. The molecule has 0 aromatic carbocycles. The van der Waals surface area contributed by atoms with Gasteiger partial charge in [-0.25, -0.2) is 9.97 Å². The van der Waals surface area contributed by atoms with E-state index < -0.39 is 0 Å². The van der Waals surface area contributed by atoms with Crippen LogP contribution in [-0.4, -0.2) is 22.0 Å². The smallest absolute Gasteiger partial charge is 0.136 e. The lowest BCUT2D eigenvalue weighted by Crippen LogP contribution is -2.20. The van der Waals surface area contributed by atoms with E-state index in [-0.39, 0.29) is 0 Å². The number of hydrogen-bond donors (Lipinski definition) is 1. The summed E-state index contributed by atoms with van der Waals surface area (Å²) >= 11 is 0. The molecule has 5 nitrogen and oxygen atoms in total. The first-order valence-corrected chi connectivity index (χ1v) is 6.90. The van der Waals surface area contributed by atoms with E-state index in [9.17, 15) is 0 Å². The molecule has 5 heteroatoms. The van der Waals surface area contributed by atoms with Crippen molar-refractivity contribution < 1.29 is 0 Å². The van der Waals surface area contributed by atoms with Crippen molar-refractivity contribution in [1.29, 1.82) is 0 Å². The van der Waals surface area contributed by atoms with Crippen LogP contribution in [0.5, 0.6) is 0 Å². The standard InChI is InChI=1S/C15H19N5/c1-10-4-3-5-12(17-10)9-20(2)14-8-13(16)18-15(19-14)11-6-7-11/h3-5,8,11H,6-7,9H2,1-2H3,(H2,16,18,19). The van der Waals surface area contributed by atoms with Crippen molar-refractivity contribution in [2.75, 3.05) is 17.7 Å². The number of nitrogens with two attached hydrogens (primary N) is 1. The van der Waals surface area contributed by atoms with E-state index >= 15 is 0 Å². The van der Waals surface area contributed by atoms with Crippen molar-refractivity contribution in [3.8, 4) is 0 Å². The second-order valence-corrected chi connectivity index (χ2v) is 5.41. The Labute approximate surface area is 118 Å². The van der Waals surface area contributed by atoms with Gasteiger partial charge in [0.1, 0.15) is 17.5 Å². The number of nitrogen functional groups attached to an aromatic ring is 1. The lowest BCUT2D eigenvalue weighted by molar-refractivity contribution is 0.834. The van der Waals surface area contributed by atoms with Gasteiger partial charge in [0, 0.05) is 24.7 Å². The Kier molecular flexibility index (Phi) is 3.26. The third kappa shape index (κ3) is 2.87. The molecule has 2 aromatic rings. The second-order valence-electron chi connectivity index (χ2n) is 5.41. The van der Waals surface area contributed by atoms with Gasteiger partial charge in [-0.2, -0.15) is 0 Å². The van der Waals surface area contributed by atoms with Gasteiger partial charge in [-0.3, -0.25) is 4.98 Å². The summed E-state index contributed by atoms with van der Waals surface area (Å²) in [5, 5.41) is 0. The summed E-state index contributed by atoms with van der Waals surface area (Å²) in [4.78, 5) is 15.5. The number of aryl methyl sites for hydroxylation is 1. The third-order valence-electron chi connectivity index (χ3n) is 3.43. The van der Waals surface area contributed by atoms with Crippen molar-refractivity contribution in [3.63, 3.8) is 0 Å². The molecule has 20 heavy (non-hydrogen) atoms. The molecular weight excluding hydrogens is 250 g/mol. The topological polar surface area (TPSA) is 67.9 Å². The number of anilines is 2. The van der Waals surface area contributed by atoms with Gasteiger partial charge in [-0.05, 0) is 31.9 Å². The molecule has 1 aliphatic carbocycles. The predicted octanol–water partition coefficient (Wildman–Crippen LogP) is 2.28. The van der Waals surface area contributed by atoms with Gasteiger partial charge >= 0.3 is 0 Å². The van der Waals surface area contributed by atoms with Crippen LogP contribution in [0.25, 0.3) is 0 Å². The van der Waals surface area contributed by atoms with Crippen molar-refractivity contribution in [2.45, 2.75) is 32.2 Å². The van der Waals surface area contributed by atoms with E-state index in [1.54, 1.807) is 0 Å². The molecule has 0 atom stereocenters. The molecule has 0 spiro atoms. The minimum absolute atomic E-state index is 0.503. The fourth-order valence-electron chi connectivity index (χ4n) is 2.20. The minimum atomic E-state index is 0.503. The van der Waals surface area contributed by atoms with Crippen molar-refractivity contribution in [3.05, 3.63) is 41.5 Å². The molecule has 104 valence electrons. The van der Waals surface area contributed by atoms with Gasteiger partial charge in [-0.1, -0.05) is 6.07 Å². The SMILES string of the molecule is Cc1cccc(CN(C)c2cc(N)nc(C3CC3)n2)n1. The number of hydrogen-bond acceptors (Lipinski definition) is 5. The van der Waals surface area contributed by atoms with E-state index in [1.807, 2.05) is 38.2 Å². The molecule has 2 aromatic heterocycles. The number of aromatic nitrogens is 3. The maximum absolute atomic E-state index is 5.89. The molecule has 0 saturated heterocycles. The van der Waals surface area contributed by atoms with Gasteiger partial charge < -0.3 is 10.6 Å². The highest BCUT2D eigenvalue weighted by atomic mass is 15.2. The Bertz CT molecular complexity index is 621. The van der Waals surface area contributed by atoms with Crippen LogP contribution < -0.4 is 10.6 Å². The quantitative estimate of drug-likeness (QED) is 0.922. The minimum Gasteiger partial charge on any atom is -0.384 e. The average Bonchev–Trinajstić information content (AvgIpc) is 3.22. The first-order valence-electron chi connectivity index (χ1n) is 6.90. The highest BCUT2D eigenvalue weighted by Gasteiger charge is 2.27. The molecule has 0 unspecified atom stereocenters. The summed E-state index contributed by atoms with van der Waals surface area (Å²) < 4.78 is 0. The summed E-state index contributed by atoms with van der Waals surface area (Å²) in [6.07, 6.45) is 2.35. The lowest BCUT2D eigenvalue weighted by Gasteiger charge is -2.18. The van der Waals surface area contributed by atoms with Crippen LogP contribution in [0.3, 0.4) is 0 Å². The van der Waals surface area contributed by atoms with Gasteiger partial charge in [0.2, 0.25) is 0 Å². The summed E-state index contributed by atoms with van der Waals surface area (Å²) in [6, 6.07) is 7.87. The summed E-state index contributed by atoms with van der Waals surface area (Å²) in [7, 11) is 2.00. The van der Waals surface area contributed by atoms with E-state index in [4.69, 9.17) is 5.73 Å². The van der Waals surface area contributed by atoms with Crippen LogP contribution in [0.1, 0.15) is 36.0 Å². The van der Waals surface area contributed by atoms with Crippen LogP contribution in [0.2, 0.25) is 0 Å². The molecule has 3 rings (SSSR count). The zero-order valence-corrected chi connectivity index (χ0v) is 11.9. The van der Waals surface area contributed by atoms with E-state index in [0.717, 1.165) is 23.0 Å². The van der Waals surface area contributed by atoms with Crippen LogP contribution in [0.4, 0.5) is 11.6 Å². The van der Waals surface area contributed by atoms with Gasteiger partial charge in [-0.15, -0.1) is 0 Å². The maximum atomic E-state index is 5.89. The van der Waals surface area contributed by atoms with Gasteiger partial charge in [0.15, 0.2) is 0 Å². The van der Waals surface area contributed by atoms with E-state index in [0.29, 0.717) is 18.3 Å². The molecule has 1 aliphatic rings. The molecule has 0 radical (unpaired) electrons. The van der Waals surface area contributed by atoms with Gasteiger partial charge in [0.25, 0.3) is 0 Å². The molecule has 2 heterocycles. The molecular formula is C15H19N5. The fourth-order valence-corrected chi connectivity index (χ4v) is 2.20. The zero-order chi connectivity index (χ0) is 14.1. The van der Waals surface area contributed by atoms with Gasteiger partial charge in [0.05, 0.1) is 12.2 Å². The van der Waals surface area contributed by atoms with Crippen LogP contribution in [0, 0.1) is 6.92 Å². The number of nitrogens with zero attached hydrogens (tertiary/aromatic N) is 4. The highest BCUT2D eigenvalue weighted by molar-refractivity contribution is 5.47. The first kappa shape index (κ1) is 12.8. The Morgan fingerprint density at radius 2 is 2.05 bits per heavy atom. The molecule has 2 N–H and O–H groups in total. The largest absolute Gasteiger partial charge is 0.384 e. The van der Waals surface area contributed by atoms with Crippen molar-refractivity contribution in [1.82, 2.24) is 15.0 Å². The molecule has 0 amide bonds. The average molecular weight is 269 g/mol. The molecule has 0 aliphatic heterocycles. The summed E-state index contributed by atoms with van der Waals surface area (Å²) in [5.74, 6) is 2.79. The van der Waals surface area contributed by atoms with Crippen molar-refractivity contribution >= 4 is 11.6 Å². The lowest BCUT2D eigenvalue weighted by atomic mass is 10.3. The highest BCUT2D eigenvalue weighted by Crippen LogP contribution is 2.38. The Balaban J connectivity index is 1.81. The molecule has 1 fully saturated rings. The predicted molar refractivity (Wildman–Crippen MR) is 79.5 cm³/mol. The number of rotatable bonds is 4. The first-order chi connectivity index (χ1) is 9.61. The Hall–Kier alpha value is -2.17.